The monoisotopic (exact) mass is 560 g/mol. The molecule has 1 aliphatic rings. The Hall–Kier alpha value is -2.20. The molecule has 6 nitrogen and oxygen atoms in total. The molecule has 0 heterocycles. The average Bonchev–Trinajstić information content (AvgIpc) is 2.94. The normalized spacial score (nSPS) is 14.2. The minimum atomic E-state index is -1.03. The minimum absolute atomic E-state index is 0. The van der Waals surface area contributed by atoms with E-state index in [1.165, 1.54) is 19.3 Å². The van der Waals surface area contributed by atoms with E-state index in [9.17, 15) is 19.5 Å². The molecule has 1 saturated carbocycles. The minimum Gasteiger partial charge on any atom is -1.00 e. The summed E-state index contributed by atoms with van der Waals surface area (Å²) >= 11 is 1.55. The number of benzene rings is 2. The maximum absolute atomic E-state index is 13.4. The van der Waals surface area contributed by atoms with Gasteiger partial charge < -0.3 is 16.7 Å². The molecule has 3 rings (SSSR count). The maximum Gasteiger partial charge on any atom is 1.00 e. The topological polar surface area (TPSA) is 86.7 Å². The van der Waals surface area contributed by atoms with E-state index in [1.807, 2.05) is 49.6 Å². The fourth-order valence-electron chi connectivity index (χ4n) is 5.40. The number of nitrogens with one attached hydrogen (secondary N) is 1. The van der Waals surface area contributed by atoms with Crippen molar-refractivity contribution in [3.05, 3.63) is 59.2 Å². The van der Waals surface area contributed by atoms with Crippen molar-refractivity contribution in [1.82, 2.24) is 10.2 Å². The van der Waals surface area contributed by atoms with Crippen molar-refractivity contribution < 1.29 is 39.8 Å². The van der Waals surface area contributed by atoms with Gasteiger partial charge in [-0.05, 0) is 79.4 Å². The van der Waals surface area contributed by atoms with E-state index < -0.39 is 17.9 Å². The smallest absolute Gasteiger partial charge is 1.00 e. The van der Waals surface area contributed by atoms with Gasteiger partial charge in [0.1, 0.15) is 6.04 Å². The Morgan fingerprint density at radius 2 is 1.82 bits per heavy atom. The molecule has 0 bridgehead atoms. The first-order valence-electron chi connectivity index (χ1n) is 14.4. The molecule has 2 aromatic carbocycles. The van der Waals surface area contributed by atoms with Crippen LogP contribution in [-0.2, 0) is 16.0 Å². The Morgan fingerprint density at radius 1 is 1.10 bits per heavy atom. The summed E-state index contributed by atoms with van der Waals surface area (Å²) in [4.78, 5) is 40.6. The van der Waals surface area contributed by atoms with Crippen LogP contribution in [0.25, 0.3) is 11.1 Å². The Labute approximate surface area is 257 Å². The second kappa shape index (κ2) is 17.6. The predicted molar refractivity (Wildman–Crippen MR) is 161 cm³/mol. The molecule has 2 aromatic rings. The zero-order valence-electron chi connectivity index (χ0n) is 25.7. The van der Waals surface area contributed by atoms with Crippen molar-refractivity contribution in [2.75, 3.05) is 18.6 Å². The van der Waals surface area contributed by atoms with E-state index in [4.69, 9.17) is 0 Å². The van der Waals surface area contributed by atoms with Crippen molar-refractivity contribution in [2.24, 2.45) is 0 Å². The number of nitrogens with zero attached hydrogens (tertiary/aromatic N) is 1. The fraction of sp³-hybridized carbons (Fsp3) is 0.531. The van der Waals surface area contributed by atoms with E-state index >= 15 is 0 Å². The largest absolute Gasteiger partial charge is 1.00 e. The average molecular weight is 561 g/mol. The molecule has 8 heteroatoms. The molecule has 1 atom stereocenters. The van der Waals surface area contributed by atoms with Gasteiger partial charge in [-0.25, -0.2) is 4.79 Å². The molecule has 0 aliphatic heterocycles. The predicted octanol–water partition coefficient (Wildman–Crippen LogP) is 3.61. The van der Waals surface area contributed by atoms with Crippen LogP contribution in [0.15, 0.2) is 42.5 Å². The third kappa shape index (κ3) is 9.71. The van der Waals surface area contributed by atoms with Crippen molar-refractivity contribution >= 4 is 29.5 Å². The van der Waals surface area contributed by atoms with Crippen LogP contribution in [-0.4, -0.2) is 58.4 Å². The quantitative estimate of drug-likeness (QED) is 0.345. The van der Waals surface area contributed by atoms with Crippen LogP contribution in [0.2, 0.25) is 0 Å². The van der Waals surface area contributed by atoms with E-state index in [2.05, 4.69) is 17.1 Å². The summed E-state index contributed by atoms with van der Waals surface area (Å²) in [6.45, 7) is 4.99. The first-order chi connectivity index (χ1) is 18.8. The van der Waals surface area contributed by atoms with Crippen molar-refractivity contribution in [1.29, 1.82) is 0 Å². The molecule has 2 N–H and O–H groups in total. The van der Waals surface area contributed by atoms with Crippen LogP contribution in [0.1, 0.15) is 87.6 Å². The summed E-state index contributed by atoms with van der Waals surface area (Å²) in [6, 6.07) is 13.0. The van der Waals surface area contributed by atoms with Gasteiger partial charge in [0, 0.05) is 24.6 Å². The first-order valence-corrected chi connectivity index (χ1v) is 15.8. The number of carboxylic acids is 1. The third-order valence-corrected chi connectivity index (χ3v) is 8.34. The molecule has 1 aliphatic carbocycles. The standard InChI is InChI=1S/C32H44N2O4S.Li.H/c1-4-5-20-34(25-12-7-6-8-13-25)30(35)18-16-24-15-17-27(28(22-24)26-14-10-9-11-23(26)2)31(36)33-29(32(37)38)19-21-39-3;;/h9-11,14-15,17,22,25,29H,4-8,12-13,16,18-21H2,1-3H3,(H,33,36)(H,37,38);;/q;+1;-1/t29-;;/m0../s1. The molecule has 0 aromatic heterocycles. The molecular formula is C32H45LiN2O4S. The fourth-order valence-corrected chi connectivity index (χ4v) is 5.87. The number of carbonyl (C=O) groups excluding carboxylic acids is 2. The van der Waals surface area contributed by atoms with Gasteiger partial charge in [-0.1, -0.05) is 69.0 Å². The summed E-state index contributed by atoms with van der Waals surface area (Å²) in [7, 11) is 0. The molecule has 2 amide bonds. The van der Waals surface area contributed by atoms with Crippen LogP contribution in [0.3, 0.4) is 0 Å². The summed E-state index contributed by atoms with van der Waals surface area (Å²) in [5.41, 5.74) is 4.16. The molecule has 1 fully saturated rings. The molecule has 0 unspecified atom stereocenters. The van der Waals surface area contributed by atoms with Crippen LogP contribution in [0, 0.1) is 6.92 Å². The van der Waals surface area contributed by atoms with Crippen LogP contribution in [0.4, 0.5) is 0 Å². The molecule has 0 spiro atoms. The Balaban J connectivity index is 0.00000420. The van der Waals surface area contributed by atoms with Crippen molar-refractivity contribution in [2.45, 2.75) is 90.1 Å². The summed E-state index contributed by atoms with van der Waals surface area (Å²) in [6.07, 6.45) is 11.3. The number of aryl methyl sites for hydroxylation is 2. The van der Waals surface area contributed by atoms with Gasteiger partial charge in [-0.15, -0.1) is 0 Å². The van der Waals surface area contributed by atoms with Gasteiger partial charge in [0.25, 0.3) is 5.91 Å². The zero-order chi connectivity index (χ0) is 28.2. The Morgan fingerprint density at radius 3 is 2.48 bits per heavy atom. The summed E-state index contributed by atoms with van der Waals surface area (Å²) < 4.78 is 0. The van der Waals surface area contributed by atoms with Crippen molar-refractivity contribution in [3.63, 3.8) is 0 Å². The molecule has 40 heavy (non-hydrogen) atoms. The maximum atomic E-state index is 13.4. The Kier molecular flexibility index (Phi) is 14.9. The van der Waals surface area contributed by atoms with E-state index in [-0.39, 0.29) is 26.2 Å². The number of thioether (sulfide) groups is 1. The second-order valence-corrected chi connectivity index (χ2v) is 11.6. The Bertz CT molecular complexity index is 1130. The van der Waals surface area contributed by atoms with Crippen molar-refractivity contribution in [3.8, 4) is 11.1 Å². The summed E-state index contributed by atoms with van der Waals surface area (Å²) in [5.74, 6) is -0.568. The van der Waals surface area contributed by atoms with E-state index in [0.29, 0.717) is 36.6 Å². The SMILES string of the molecule is CCCCN(C(=O)CCc1ccc(C(=O)N[C@@H](CCSC)C(=O)O)c(-c2ccccc2C)c1)C1CCCCC1.[H-].[Li+]. The number of rotatable bonds is 14. The number of aliphatic carboxylic acids is 1. The van der Waals surface area contributed by atoms with Gasteiger partial charge in [0.15, 0.2) is 0 Å². The number of hydrogen-bond acceptors (Lipinski definition) is 4. The number of carbonyl (C=O) groups is 3. The van der Waals surface area contributed by atoms with Crippen LogP contribution in [0.5, 0.6) is 0 Å². The van der Waals surface area contributed by atoms with Gasteiger partial charge >= 0.3 is 24.8 Å². The van der Waals surface area contributed by atoms with Gasteiger partial charge in [0.2, 0.25) is 5.91 Å². The molecule has 0 saturated heterocycles. The van der Waals surface area contributed by atoms with Gasteiger partial charge in [0.05, 0.1) is 0 Å². The number of carboxylic acid groups (broad SMARTS) is 1. The molecular weight excluding hydrogens is 515 g/mol. The second-order valence-electron chi connectivity index (χ2n) is 10.6. The molecule has 214 valence electrons. The summed E-state index contributed by atoms with van der Waals surface area (Å²) in [5, 5.41) is 12.4. The van der Waals surface area contributed by atoms with Crippen LogP contribution < -0.4 is 24.2 Å². The zero-order valence-corrected chi connectivity index (χ0v) is 25.5. The number of unbranched alkanes of at least 4 members (excludes halogenated alkanes) is 1. The van der Waals surface area contributed by atoms with E-state index in [1.54, 1.807) is 17.8 Å². The first kappa shape index (κ1) is 34.0. The van der Waals surface area contributed by atoms with E-state index in [0.717, 1.165) is 54.5 Å². The van der Waals surface area contributed by atoms with Gasteiger partial charge in [-0.3, -0.25) is 9.59 Å². The number of amides is 2. The van der Waals surface area contributed by atoms with Crippen LogP contribution >= 0.6 is 11.8 Å². The number of hydrogen-bond donors (Lipinski definition) is 2. The van der Waals surface area contributed by atoms with Gasteiger partial charge in [-0.2, -0.15) is 11.8 Å². The molecule has 0 radical (unpaired) electrons. The third-order valence-electron chi connectivity index (χ3n) is 7.69.